The molecule has 1 aromatic rings. The Hall–Kier alpha value is -0.840. The highest BCUT2D eigenvalue weighted by Gasteiger charge is 2.25. The van der Waals surface area contributed by atoms with E-state index in [-0.39, 0.29) is 5.69 Å². The Kier molecular flexibility index (Phi) is 2.82. The van der Waals surface area contributed by atoms with E-state index >= 15 is 0 Å². The summed E-state index contributed by atoms with van der Waals surface area (Å²) in [5.74, 6) is 0.586. The van der Waals surface area contributed by atoms with Gasteiger partial charge in [-0.25, -0.2) is 9.78 Å². The van der Waals surface area contributed by atoms with Crippen molar-refractivity contribution in [3.8, 4) is 0 Å². The summed E-state index contributed by atoms with van der Waals surface area (Å²) in [5, 5.41) is 8.93. The topological polar surface area (TPSA) is 55.1 Å². The number of carboxylic acid groups (broad SMARTS) is 1. The Morgan fingerprint density at radius 2 is 2.47 bits per heavy atom. The first-order chi connectivity index (χ1) is 7.13. The molecule has 2 rings (SSSR count). The molecule has 2 heterocycles. The highest BCUT2D eigenvalue weighted by molar-refractivity contribution is 9.10. The highest BCUT2D eigenvalue weighted by Crippen LogP contribution is 2.28. The standard InChI is InChI=1S/C10H13BrN2O2/c1-2-6-3-4-13-7(5-6)12-8(9(13)11)10(14)15/h6H,2-5H2,1H3,(H,14,15). The third kappa shape index (κ3) is 1.80. The lowest BCUT2D eigenvalue weighted by atomic mass is 9.95. The smallest absolute Gasteiger partial charge is 0.357 e. The van der Waals surface area contributed by atoms with Crippen LogP contribution in [0.15, 0.2) is 4.60 Å². The number of fused-ring (bicyclic) bond motifs is 1. The van der Waals surface area contributed by atoms with Crippen LogP contribution in [0.5, 0.6) is 0 Å². The van der Waals surface area contributed by atoms with Crippen LogP contribution in [0.1, 0.15) is 36.1 Å². The molecule has 15 heavy (non-hydrogen) atoms. The van der Waals surface area contributed by atoms with E-state index in [9.17, 15) is 4.79 Å². The molecular formula is C10H13BrN2O2. The van der Waals surface area contributed by atoms with Crippen LogP contribution in [0.3, 0.4) is 0 Å². The molecular weight excluding hydrogens is 260 g/mol. The van der Waals surface area contributed by atoms with E-state index in [1.54, 1.807) is 0 Å². The van der Waals surface area contributed by atoms with E-state index < -0.39 is 5.97 Å². The van der Waals surface area contributed by atoms with Crippen molar-refractivity contribution in [1.82, 2.24) is 9.55 Å². The van der Waals surface area contributed by atoms with E-state index in [2.05, 4.69) is 27.8 Å². The van der Waals surface area contributed by atoms with Gasteiger partial charge in [0.05, 0.1) is 0 Å². The zero-order chi connectivity index (χ0) is 11.0. The second-order valence-corrected chi connectivity index (χ2v) is 4.64. The number of hydrogen-bond donors (Lipinski definition) is 1. The summed E-state index contributed by atoms with van der Waals surface area (Å²) in [4.78, 5) is 15.0. The maximum atomic E-state index is 10.9. The van der Waals surface area contributed by atoms with Crippen LogP contribution in [0, 0.1) is 5.92 Å². The number of halogens is 1. The van der Waals surface area contributed by atoms with Crippen LogP contribution in [0.25, 0.3) is 0 Å². The lowest BCUT2D eigenvalue weighted by molar-refractivity contribution is 0.0689. The molecule has 1 N–H and O–H groups in total. The van der Waals surface area contributed by atoms with Crippen molar-refractivity contribution in [3.63, 3.8) is 0 Å². The minimum atomic E-state index is -0.961. The maximum absolute atomic E-state index is 10.9. The largest absolute Gasteiger partial charge is 0.476 e. The minimum Gasteiger partial charge on any atom is -0.476 e. The van der Waals surface area contributed by atoms with Gasteiger partial charge in [0.2, 0.25) is 0 Å². The molecule has 1 atom stereocenters. The van der Waals surface area contributed by atoms with Crippen LogP contribution < -0.4 is 0 Å². The Morgan fingerprint density at radius 3 is 3.07 bits per heavy atom. The molecule has 4 nitrogen and oxygen atoms in total. The molecule has 0 saturated heterocycles. The SMILES string of the molecule is CCC1CCn2c(nc(C(=O)O)c2Br)C1. The molecule has 1 aliphatic rings. The van der Waals surface area contributed by atoms with Gasteiger partial charge in [-0.1, -0.05) is 13.3 Å². The Morgan fingerprint density at radius 1 is 1.73 bits per heavy atom. The van der Waals surface area contributed by atoms with E-state index in [1.807, 2.05) is 4.57 Å². The van der Waals surface area contributed by atoms with Gasteiger partial charge in [0.1, 0.15) is 10.4 Å². The molecule has 0 spiro atoms. The van der Waals surface area contributed by atoms with Crippen molar-refractivity contribution in [2.75, 3.05) is 0 Å². The van der Waals surface area contributed by atoms with Gasteiger partial charge in [-0.15, -0.1) is 0 Å². The summed E-state index contributed by atoms with van der Waals surface area (Å²) >= 11 is 3.30. The number of aromatic carboxylic acids is 1. The maximum Gasteiger partial charge on any atom is 0.357 e. The monoisotopic (exact) mass is 272 g/mol. The molecule has 0 aromatic carbocycles. The average molecular weight is 273 g/mol. The van der Waals surface area contributed by atoms with Crippen LogP contribution in [0.4, 0.5) is 0 Å². The van der Waals surface area contributed by atoms with Gasteiger partial charge in [0.15, 0.2) is 5.69 Å². The predicted octanol–water partition coefficient (Wildman–Crippen LogP) is 2.32. The van der Waals surface area contributed by atoms with Gasteiger partial charge < -0.3 is 9.67 Å². The summed E-state index contributed by atoms with van der Waals surface area (Å²) in [6, 6.07) is 0. The third-order valence-electron chi connectivity index (χ3n) is 3.00. The molecule has 0 bridgehead atoms. The Bertz CT molecular complexity index is 400. The van der Waals surface area contributed by atoms with Crippen molar-refractivity contribution in [2.45, 2.75) is 32.7 Å². The van der Waals surface area contributed by atoms with E-state index in [0.29, 0.717) is 10.5 Å². The van der Waals surface area contributed by atoms with Crippen LogP contribution >= 0.6 is 15.9 Å². The molecule has 0 radical (unpaired) electrons. The number of carboxylic acids is 1. The highest BCUT2D eigenvalue weighted by atomic mass is 79.9. The second kappa shape index (κ2) is 3.96. The molecule has 1 aliphatic heterocycles. The summed E-state index contributed by atoms with van der Waals surface area (Å²) in [7, 11) is 0. The molecule has 1 aromatic heterocycles. The normalized spacial score (nSPS) is 20.0. The average Bonchev–Trinajstić information content (AvgIpc) is 2.55. The zero-order valence-corrected chi connectivity index (χ0v) is 10.1. The van der Waals surface area contributed by atoms with Crippen molar-refractivity contribution in [3.05, 3.63) is 16.1 Å². The number of aromatic nitrogens is 2. The van der Waals surface area contributed by atoms with Crippen LogP contribution in [0.2, 0.25) is 0 Å². The molecule has 5 heteroatoms. The summed E-state index contributed by atoms with van der Waals surface area (Å²) in [6.07, 6.45) is 3.13. The van der Waals surface area contributed by atoms with Gasteiger partial charge in [0.25, 0.3) is 0 Å². The number of carbonyl (C=O) groups is 1. The fourth-order valence-electron chi connectivity index (χ4n) is 2.02. The third-order valence-corrected chi connectivity index (χ3v) is 3.80. The van der Waals surface area contributed by atoms with Crippen molar-refractivity contribution in [1.29, 1.82) is 0 Å². The number of nitrogens with zero attached hydrogens (tertiary/aromatic N) is 2. The quantitative estimate of drug-likeness (QED) is 0.899. The van der Waals surface area contributed by atoms with Crippen LogP contribution in [-0.2, 0) is 13.0 Å². The predicted molar refractivity (Wildman–Crippen MR) is 59.0 cm³/mol. The fourth-order valence-corrected chi connectivity index (χ4v) is 2.66. The Labute approximate surface area is 96.4 Å². The molecule has 0 amide bonds. The molecule has 82 valence electrons. The van der Waals surface area contributed by atoms with Gasteiger partial charge >= 0.3 is 5.97 Å². The van der Waals surface area contributed by atoms with Crippen molar-refractivity contribution < 1.29 is 9.90 Å². The van der Waals surface area contributed by atoms with Gasteiger partial charge in [0, 0.05) is 13.0 Å². The second-order valence-electron chi connectivity index (χ2n) is 3.89. The zero-order valence-electron chi connectivity index (χ0n) is 8.53. The first kappa shape index (κ1) is 10.7. The van der Waals surface area contributed by atoms with Gasteiger partial charge in [-0.2, -0.15) is 0 Å². The number of imidazole rings is 1. The number of hydrogen-bond acceptors (Lipinski definition) is 2. The molecule has 0 fully saturated rings. The van der Waals surface area contributed by atoms with E-state index in [1.165, 1.54) is 0 Å². The first-order valence-electron chi connectivity index (χ1n) is 5.11. The summed E-state index contributed by atoms with van der Waals surface area (Å²) in [5.41, 5.74) is 0.141. The minimum absolute atomic E-state index is 0.141. The molecule has 1 unspecified atom stereocenters. The van der Waals surface area contributed by atoms with E-state index in [4.69, 9.17) is 5.11 Å². The summed E-state index contributed by atoms with van der Waals surface area (Å²) in [6.45, 7) is 3.03. The molecule has 0 aliphatic carbocycles. The van der Waals surface area contributed by atoms with Crippen LogP contribution in [-0.4, -0.2) is 20.6 Å². The lowest BCUT2D eigenvalue weighted by Crippen LogP contribution is -2.19. The fraction of sp³-hybridized carbons (Fsp3) is 0.600. The van der Waals surface area contributed by atoms with Crippen molar-refractivity contribution in [2.24, 2.45) is 5.92 Å². The van der Waals surface area contributed by atoms with Gasteiger partial charge in [-0.3, -0.25) is 0 Å². The number of rotatable bonds is 2. The summed E-state index contributed by atoms with van der Waals surface area (Å²) < 4.78 is 2.58. The van der Waals surface area contributed by atoms with Crippen molar-refractivity contribution >= 4 is 21.9 Å². The Balaban J connectivity index is 2.37. The lowest BCUT2D eigenvalue weighted by Gasteiger charge is -2.22. The van der Waals surface area contributed by atoms with Gasteiger partial charge in [-0.05, 0) is 28.3 Å². The molecule has 0 saturated carbocycles. The van der Waals surface area contributed by atoms with E-state index in [0.717, 1.165) is 31.6 Å². The first-order valence-corrected chi connectivity index (χ1v) is 5.91.